The molecule has 0 unspecified atom stereocenters. The lowest BCUT2D eigenvalue weighted by molar-refractivity contribution is -0.384. The van der Waals surface area contributed by atoms with Gasteiger partial charge >= 0.3 is 6.18 Å². The molecule has 3 aromatic rings. The van der Waals surface area contributed by atoms with Crippen molar-refractivity contribution in [3.05, 3.63) is 99.6 Å². The van der Waals surface area contributed by atoms with Gasteiger partial charge in [-0.05, 0) is 65.7 Å². The van der Waals surface area contributed by atoms with Gasteiger partial charge in [0.15, 0.2) is 0 Å². The largest absolute Gasteiger partial charge is 0.489 e. The lowest BCUT2D eigenvalue weighted by atomic mass is 10.2. The summed E-state index contributed by atoms with van der Waals surface area (Å²) in [5.41, 5.74) is 2.79. The van der Waals surface area contributed by atoms with Gasteiger partial charge in [0.2, 0.25) is 11.8 Å². The first-order valence-corrected chi connectivity index (χ1v) is 10.9. The molecule has 0 aromatic heterocycles. The van der Waals surface area contributed by atoms with Gasteiger partial charge in [0, 0.05) is 30.7 Å². The molecular formula is C25H21F3N4O5. The molecule has 2 N–H and O–H groups in total. The normalized spacial score (nSPS) is 11.2. The van der Waals surface area contributed by atoms with Crippen LogP contribution in [0.15, 0.2) is 77.9 Å². The number of anilines is 1. The summed E-state index contributed by atoms with van der Waals surface area (Å²) in [6.45, 7) is 0.225. The number of nitro groups is 1. The molecule has 0 heterocycles. The third kappa shape index (κ3) is 8.76. The summed E-state index contributed by atoms with van der Waals surface area (Å²) < 4.78 is 43.9. The van der Waals surface area contributed by atoms with E-state index in [-0.39, 0.29) is 30.8 Å². The Balaban J connectivity index is 1.39. The number of nitro benzene ring substituents is 1. The minimum atomic E-state index is -4.53. The van der Waals surface area contributed by atoms with Gasteiger partial charge in [-0.1, -0.05) is 6.07 Å². The topological polar surface area (TPSA) is 123 Å². The number of carbonyl (C=O) groups is 2. The van der Waals surface area contributed by atoms with Crippen LogP contribution in [0.5, 0.6) is 5.75 Å². The summed E-state index contributed by atoms with van der Waals surface area (Å²) in [6, 6.07) is 17.0. The van der Waals surface area contributed by atoms with E-state index < -0.39 is 28.5 Å². The molecule has 2 amide bonds. The summed E-state index contributed by atoms with van der Waals surface area (Å²) in [5, 5.41) is 16.8. The second-order valence-electron chi connectivity index (χ2n) is 7.70. The number of alkyl halides is 3. The zero-order chi connectivity index (χ0) is 26.8. The van der Waals surface area contributed by atoms with Crippen LogP contribution in [-0.4, -0.2) is 23.0 Å². The third-order valence-electron chi connectivity index (χ3n) is 4.89. The van der Waals surface area contributed by atoms with Crippen molar-refractivity contribution in [3.8, 4) is 5.75 Å². The van der Waals surface area contributed by atoms with Gasteiger partial charge in [-0.25, -0.2) is 5.43 Å². The maximum Gasteiger partial charge on any atom is 0.416 e. The molecule has 0 fully saturated rings. The average molecular weight is 514 g/mol. The number of halogens is 3. The first kappa shape index (κ1) is 26.9. The van der Waals surface area contributed by atoms with Crippen LogP contribution in [0.3, 0.4) is 0 Å². The molecule has 0 spiro atoms. The molecular weight excluding hydrogens is 493 g/mol. The number of carbonyl (C=O) groups excluding carboxylic acids is 2. The Morgan fingerprint density at radius 2 is 1.65 bits per heavy atom. The van der Waals surface area contributed by atoms with Crippen LogP contribution >= 0.6 is 0 Å². The average Bonchev–Trinajstić information content (AvgIpc) is 2.87. The number of benzene rings is 3. The molecule has 0 aliphatic rings. The highest BCUT2D eigenvalue weighted by atomic mass is 19.4. The van der Waals surface area contributed by atoms with E-state index in [1.165, 1.54) is 30.5 Å². The zero-order valence-corrected chi connectivity index (χ0v) is 19.2. The number of hydrogen-bond donors (Lipinski definition) is 2. The number of hydrogen-bond acceptors (Lipinski definition) is 6. The van der Waals surface area contributed by atoms with E-state index in [1.807, 2.05) is 0 Å². The highest BCUT2D eigenvalue weighted by molar-refractivity contribution is 5.93. The number of nitrogens with one attached hydrogen (secondary N) is 2. The molecule has 0 bridgehead atoms. The van der Waals surface area contributed by atoms with E-state index in [9.17, 15) is 32.9 Å². The summed E-state index contributed by atoms with van der Waals surface area (Å²) in [6.07, 6.45) is -3.59. The Morgan fingerprint density at radius 3 is 2.30 bits per heavy atom. The zero-order valence-electron chi connectivity index (χ0n) is 19.2. The highest BCUT2D eigenvalue weighted by Crippen LogP contribution is 2.30. The maximum atomic E-state index is 12.7. The Hall–Kier alpha value is -4.74. The highest BCUT2D eigenvalue weighted by Gasteiger charge is 2.30. The van der Waals surface area contributed by atoms with Crippen LogP contribution in [0, 0.1) is 10.1 Å². The van der Waals surface area contributed by atoms with Crippen molar-refractivity contribution in [1.29, 1.82) is 0 Å². The van der Waals surface area contributed by atoms with Crippen molar-refractivity contribution in [2.45, 2.75) is 25.6 Å². The van der Waals surface area contributed by atoms with Crippen molar-refractivity contribution >= 4 is 29.4 Å². The van der Waals surface area contributed by atoms with Crippen LogP contribution in [0.2, 0.25) is 0 Å². The monoisotopic (exact) mass is 514 g/mol. The summed E-state index contributed by atoms with van der Waals surface area (Å²) >= 11 is 0. The lowest BCUT2D eigenvalue weighted by Crippen LogP contribution is -2.20. The van der Waals surface area contributed by atoms with Gasteiger partial charge in [0.05, 0.1) is 16.7 Å². The molecule has 0 aliphatic heterocycles. The fraction of sp³-hybridized carbons (Fsp3) is 0.160. The number of amides is 2. The second kappa shape index (κ2) is 12.3. The van der Waals surface area contributed by atoms with Crippen LogP contribution in [0.4, 0.5) is 24.5 Å². The predicted molar refractivity (Wildman–Crippen MR) is 129 cm³/mol. The van der Waals surface area contributed by atoms with Crippen molar-refractivity contribution in [2.75, 3.05) is 5.32 Å². The quantitative estimate of drug-likeness (QED) is 0.222. The number of ether oxygens (including phenoxy) is 1. The van der Waals surface area contributed by atoms with E-state index in [1.54, 1.807) is 36.4 Å². The minimum Gasteiger partial charge on any atom is -0.489 e. The molecule has 0 atom stereocenters. The van der Waals surface area contributed by atoms with Crippen molar-refractivity contribution in [2.24, 2.45) is 5.10 Å². The van der Waals surface area contributed by atoms with Crippen LogP contribution in [0.1, 0.15) is 29.5 Å². The van der Waals surface area contributed by atoms with Gasteiger partial charge in [-0.3, -0.25) is 19.7 Å². The Labute approximate surface area is 209 Å². The maximum absolute atomic E-state index is 12.7. The smallest absolute Gasteiger partial charge is 0.416 e. The fourth-order valence-electron chi connectivity index (χ4n) is 2.99. The fourth-order valence-corrected chi connectivity index (χ4v) is 2.99. The van der Waals surface area contributed by atoms with Gasteiger partial charge < -0.3 is 10.1 Å². The van der Waals surface area contributed by atoms with E-state index in [0.717, 1.165) is 17.7 Å². The number of hydrazone groups is 1. The van der Waals surface area contributed by atoms with E-state index in [4.69, 9.17) is 4.74 Å². The first-order chi connectivity index (χ1) is 17.6. The van der Waals surface area contributed by atoms with Crippen molar-refractivity contribution in [1.82, 2.24) is 5.43 Å². The Morgan fingerprint density at radius 1 is 0.973 bits per heavy atom. The van der Waals surface area contributed by atoms with Crippen LogP contribution in [0.25, 0.3) is 0 Å². The van der Waals surface area contributed by atoms with Gasteiger partial charge in [-0.15, -0.1) is 0 Å². The van der Waals surface area contributed by atoms with E-state index >= 15 is 0 Å². The third-order valence-corrected chi connectivity index (χ3v) is 4.89. The van der Waals surface area contributed by atoms with E-state index in [2.05, 4.69) is 15.8 Å². The lowest BCUT2D eigenvalue weighted by Gasteiger charge is -2.09. The standard InChI is InChI=1S/C25H21F3N4O5/c26-25(27,28)19-2-1-3-20(14-19)30-23(33)12-13-24(34)31-29-15-17-6-10-22(11-7-17)37-16-18-4-8-21(9-5-18)32(35)36/h1-11,14-15H,12-13,16H2,(H,30,33)(H,31,34). The molecule has 0 radical (unpaired) electrons. The summed E-state index contributed by atoms with van der Waals surface area (Å²) in [5.74, 6) is -0.590. The number of nitrogens with zero attached hydrogens (tertiary/aromatic N) is 2. The second-order valence-corrected chi connectivity index (χ2v) is 7.70. The van der Waals surface area contributed by atoms with Gasteiger partial charge in [0.1, 0.15) is 12.4 Å². The molecule has 12 heteroatoms. The Bertz CT molecular complexity index is 1280. The molecule has 37 heavy (non-hydrogen) atoms. The summed E-state index contributed by atoms with van der Waals surface area (Å²) in [7, 11) is 0. The van der Waals surface area contributed by atoms with Gasteiger partial charge in [-0.2, -0.15) is 18.3 Å². The van der Waals surface area contributed by atoms with Crippen molar-refractivity contribution in [3.63, 3.8) is 0 Å². The van der Waals surface area contributed by atoms with Crippen LogP contribution < -0.4 is 15.5 Å². The predicted octanol–water partition coefficient (Wildman–Crippen LogP) is 5.06. The molecule has 9 nitrogen and oxygen atoms in total. The number of rotatable bonds is 10. The van der Waals surface area contributed by atoms with E-state index in [0.29, 0.717) is 11.3 Å². The SMILES string of the molecule is O=C(CCC(=O)Nc1cccc(C(F)(F)F)c1)NN=Cc1ccc(OCc2ccc([N+](=O)[O-])cc2)cc1. The molecule has 0 saturated carbocycles. The Kier molecular flexibility index (Phi) is 8.92. The summed E-state index contributed by atoms with van der Waals surface area (Å²) in [4.78, 5) is 34.0. The molecule has 3 rings (SSSR count). The van der Waals surface area contributed by atoms with Gasteiger partial charge in [0.25, 0.3) is 5.69 Å². The van der Waals surface area contributed by atoms with Crippen molar-refractivity contribution < 1.29 is 32.4 Å². The number of non-ortho nitro benzene ring substituents is 1. The molecule has 0 saturated heterocycles. The molecule has 192 valence electrons. The first-order valence-electron chi connectivity index (χ1n) is 10.9. The minimum absolute atomic E-state index is 0.00196. The molecule has 0 aliphatic carbocycles. The van der Waals surface area contributed by atoms with Crippen LogP contribution in [-0.2, 0) is 22.4 Å². The molecule has 3 aromatic carbocycles.